The number of hydrogen-bond acceptors (Lipinski definition) is 9. The van der Waals surface area contributed by atoms with Crippen LogP contribution in [0, 0.1) is 0 Å². The summed E-state index contributed by atoms with van der Waals surface area (Å²) >= 11 is 0. The zero-order valence-electron chi connectivity index (χ0n) is 17.4. The molecule has 0 unspecified atom stereocenters. The fourth-order valence-electron chi connectivity index (χ4n) is 3.17. The summed E-state index contributed by atoms with van der Waals surface area (Å²) in [5, 5.41) is 29.7. The van der Waals surface area contributed by atoms with Gasteiger partial charge in [0.25, 0.3) is 0 Å². The highest BCUT2D eigenvalue weighted by atomic mass is 16.5. The van der Waals surface area contributed by atoms with Crippen LogP contribution in [0.3, 0.4) is 0 Å². The molecule has 0 spiro atoms. The van der Waals surface area contributed by atoms with E-state index >= 15 is 0 Å². The smallest absolute Gasteiger partial charge is 0.337 e. The van der Waals surface area contributed by atoms with E-state index in [1.54, 1.807) is 24.3 Å². The van der Waals surface area contributed by atoms with Gasteiger partial charge in [0.1, 0.15) is 18.3 Å². The number of rotatable bonds is 7. The number of benzene rings is 1. The van der Waals surface area contributed by atoms with E-state index in [4.69, 9.17) is 9.26 Å². The maximum absolute atomic E-state index is 11.7. The number of aliphatic hydroxyl groups is 2. The summed E-state index contributed by atoms with van der Waals surface area (Å²) in [6.07, 6.45) is -3.80. The highest BCUT2D eigenvalue weighted by Gasteiger charge is 2.43. The van der Waals surface area contributed by atoms with Crippen LogP contribution in [-0.4, -0.2) is 76.5 Å². The molecule has 0 saturated carbocycles. The van der Waals surface area contributed by atoms with Gasteiger partial charge in [-0.1, -0.05) is 17.3 Å². The molecule has 11 heteroatoms. The molecule has 3 rings (SSSR count). The van der Waals surface area contributed by atoms with Crippen LogP contribution in [-0.2, 0) is 15.9 Å². The van der Waals surface area contributed by atoms with Crippen molar-refractivity contribution >= 4 is 12.0 Å². The Bertz CT molecular complexity index is 899. The average molecular weight is 434 g/mol. The summed E-state index contributed by atoms with van der Waals surface area (Å²) in [6, 6.07) is 6.08. The summed E-state index contributed by atoms with van der Waals surface area (Å²) < 4.78 is 15.6. The van der Waals surface area contributed by atoms with Gasteiger partial charge in [0.2, 0.25) is 11.7 Å². The van der Waals surface area contributed by atoms with Crippen molar-refractivity contribution in [2.24, 2.45) is 0 Å². The molecule has 0 aliphatic carbocycles. The third kappa shape index (κ3) is 5.57. The average Bonchev–Trinajstić information content (AvgIpc) is 3.32. The Labute approximate surface area is 178 Å². The van der Waals surface area contributed by atoms with E-state index < -0.39 is 30.4 Å². The molecular formula is C20H26N4O7. The number of urea groups is 1. The summed E-state index contributed by atoms with van der Waals surface area (Å²) in [6.45, 7) is 3.69. The maximum atomic E-state index is 11.7. The number of carbonyl (C=O) groups is 2. The lowest BCUT2D eigenvalue weighted by Crippen LogP contribution is -2.45. The van der Waals surface area contributed by atoms with Gasteiger partial charge in [0, 0.05) is 18.2 Å². The Morgan fingerprint density at radius 3 is 2.48 bits per heavy atom. The largest absolute Gasteiger partial charge is 0.465 e. The summed E-state index contributed by atoms with van der Waals surface area (Å²) in [4.78, 5) is 27.5. The lowest BCUT2D eigenvalue weighted by Gasteiger charge is -2.16. The number of esters is 1. The molecule has 1 aliphatic heterocycles. The molecule has 2 heterocycles. The van der Waals surface area contributed by atoms with Crippen molar-refractivity contribution < 1.29 is 33.8 Å². The first kappa shape index (κ1) is 22.7. The highest BCUT2D eigenvalue weighted by Crippen LogP contribution is 2.25. The lowest BCUT2D eigenvalue weighted by molar-refractivity contribution is 0.00689. The quantitative estimate of drug-likeness (QED) is 0.449. The Balaban J connectivity index is 1.58. The van der Waals surface area contributed by atoms with Crippen molar-refractivity contribution in [2.45, 2.75) is 50.7 Å². The van der Waals surface area contributed by atoms with Crippen molar-refractivity contribution in [1.29, 1.82) is 0 Å². The minimum Gasteiger partial charge on any atom is -0.465 e. The van der Waals surface area contributed by atoms with Crippen molar-refractivity contribution in [2.75, 3.05) is 13.7 Å². The van der Waals surface area contributed by atoms with Gasteiger partial charge in [-0.3, -0.25) is 0 Å². The van der Waals surface area contributed by atoms with Crippen molar-refractivity contribution in [3.63, 3.8) is 0 Å². The van der Waals surface area contributed by atoms with E-state index in [0.29, 0.717) is 17.0 Å². The standard InChI is InChI=1S/C20H26N4O7/c1-10(2)22-20(28)21-9-14-17(26)16(25)13(30-14)8-15-23-18(24-31-15)11-4-6-12(7-5-11)19(27)29-3/h4-7,10,13-14,16-17,25-26H,8-9H2,1-3H3,(H2,21,22,28)/t13-,14-,16-,17+/m0/s1. The number of amides is 2. The Morgan fingerprint density at radius 1 is 1.16 bits per heavy atom. The van der Waals surface area contributed by atoms with E-state index in [2.05, 4.69) is 25.5 Å². The van der Waals surface area contributed by atoms with Gasteiger partial charge in [-0.2, -0.15) is 4.98 Å². The lowest BCUT2D eigenvalue weighted by atomic mass is 10.1. The van der Waals surface area contributed by atoms with Crippen LogP contribution in [0.5, 0.6) is 0 Å². The number of hydrogen-bond donors (Lipinski definition) is 4. The first-order valence-corrected chi connectivity index (χ1v) is 9.85. The Kier molecular flexibility index (Phi) is 7.21. The van der Waals surface area contributed by atoms with Crippen LogP contribution in [0.2, 0.25) is 0 Å². The van der Waals surface area contributed by atoms with Crippen LogP contribution in [0.25, 0.3) is 11.4 Å². The molecule has 1 aromatic carbocycles. The van der Waals surface area contributed by atoms with Crippen LogP contribution in [0.1, 0.15) is 30.1 Å². The molecule has 31 heavy (non-hydrogen) atoms. The number of carbonyl (C=O) groups excluding carboxylic acids is 2. The summed E-state index contributed by atoms with van der Waals surface area (Å²) in [5.41, 5.74) is 1.03. The Hall–Kier alpha value is -3.02. The molecule has 0 radical (unpaired) electrons. The predicted molar refractivity (Wildman–Crippen MR) is 107 cm³/mol. The molecule has 11 nitrogen and oxygen atoms in total. The third-order valence-corrected chi connectivity index (χ3v) is 4.75. The second kappa shape index (κ2) is 9.86. The summed E-state index contributed by atoms with van der Waals surface area (Å²) in [7, 11) is 1.30. The minimum absolute atomic E-state index is 0.0313. The van der Waals surface area contributed by atoms with E-state index in [1.165, 1.54) is 7.11 Å². The van der Waals surface area contributed by atoms with Crippen LogP contribution < -0.4 is 10.6 Å². The van der Waals surface area contributed by atoms with Gasteiger partial charge >= 0.3 is 12.0 Å². The van der Waals surface area contributed by atoms with Gasteiger partial charge in [-0.15, -0.1) is 0 Å². The number of nitrogens with one attached hydrogen (secondary N) is 2. The van der Waals surface area contributed by atoms with E-state index in [1.807, 2.05) is 13.8 Å². The highest BCUT2D eigenvalue weighted by molar-refractivity contribution is 5.89. The first-order valence-electron chi connectivity index (χ1n) is 9.85. The Morgan fingerprint density at radius 2 is 1.84 bits per heavy atom. The fourth-order valence-corrected chi connectivity index (χ4v) is 3.17. The molecule has 1 fully saturated rings. The molecule has 2 aromatic rings. The summed E-state index contributed by atoms with van der Waals surface area (Å²) in [5.74, 6) is 0.0782. The molecule has 2 amide bonds. The van der Waals surface area contributed by atoms with Crippen LogP contribution in [0.15, 0.2) is 28.8 Å². The number of nitrogens with zero attached hydrogens (tertiary/aromatic N) is 2. The SMILES string of the molecule is COC(=O)c1ccc(-c2noc(C[C@@H]3O[C@@H](CNC(=O)NC(C)C)[C@@H](O)[C@H]3O)n2)cc1. The molecule has 4 N–H and O–H groups in total. The maximum Gasteiger partial charge on any atom is 0.337 e. The van der Waals surface area contributed by atoms with Crippen LogP contribution in [0.4, 0.5) is 4.79 Å². The fraction of sp³-hybridized carbons (Fsp3) is 0.500. The van der Waals surface area contributed by atoms with E-state index in [-0.39, 0.29) is 30.9 Å². The number of aliphatic hydroxyl groups excluding tert-OH is 2. The molecule has 1 aromatic heterocycles. The van der Waals surface area contributed by atoms with Gasteiger partial charge in [-0.05, 0) is 26.0 Å². The van der Waals surface area contributed by atoms with E-state index in [9.17, 15) is 19.8 Å². The second-order valence-electron chi connectivity index (χ2n) is 7.49. The monoisotopic (exact) mass is 434 g/mol. The topological polar surface area (TPSA) is 156 Å². The minimum atomic E-state index is -1.17. The predicted octanol–water partition coefficient (Wildman–Crippen LogP) is 0.263. The first-order chi connectivity index (χ1) is 14.8. The van der Waals surface area contributed by atoms with Gasteiger partial charge in [0.05, 0.1) is 25.2 Å². The zero-order valence-corrected chi connectivity index (χ0v) is 17.4. The molecule has 4 atom stereocenters. The number of methoxy groups -OCH3 is 1. The van der Waals surface area contributed by atoms with Crippen molar-refractivity contribution in [1.82, 2.24) is 20.8 Å². The van der Waals surface area contributed by atoms with Crippen molar-refractivity contribution in [3.8, 4) is 11.4 Å². The molecule has 1 aliphatic rings. The van der Waals surface area contributed by atoms with Gasteiger partial charge in [0.15, 0.2) is 0 Å². The third-order valence-electron chi connectivity index (χ3n) is 4.75. The van der Waals surface area contributed by atoms with Gasteiger partial charge < -0.3 is 34.8 Å². The molecule has 168 valence electrons. The molecular weight excluding hydrogens is 408 g/mol. The molecule has 1 saturated heterocycles. The van der Waals surface area contributed by atoms with Gasteiger partial charge in [-0.25, -0.2) is 9.59 Å². The van der Waals surface area contributed by atoms with Crippen LogP contribution >= 0.6 is 0 Å². The second-order valence-corrected chi connectivity index (χ2v) is 7.49. The number of aromatic nitrogens is 2. The van der Waals surface area contributed by atoms with E-state index in [0.717, 1.165) is 0 Å². The zero-order chi connectivity index (χ0) is 22.5. The molecule has 0 bridgehead atoms. The number of ether oxygens (including phenoxy) is 2. The normalized spacial score (nSPS) is 23.0. The van der Waals surface area contributed by atoms with Crippen molar-refractivity contribution in [3.05, 3.63) is 35.7 Å².